The summed E-state index contributed by atoms with van der Waals surface area (Å²) in [5, 5.41) is 0. The van der Waals surface area contributed by atoms with Gasteiger partial charge in [0.2, 0.25) is 0 Å². The van der Waals surface area contributed by atoms with E-state index in [1.54, 1.807) is 0 Å². The minimum atomic E-state index is 0.697. The minimum absolute atomic E-state index is 0.697. The summed E-state index contributed by atoms with van der Waals surface area (Å²) in [6.45, 7) is 5.50. The van der Waals surface area contributed by atoms with E-state index in [-0.39, 0.29) is 0 Å². The van der Waals surface area contributed by atoms with E-state index < -0.39 is 0 Å². The molecule has 0 spiro atoms. The third kappa shape index (κ3) is 1.37. The first kappa shape index (κ1) is 8.42. The van der Waals surface area contributed by atoms with Crippen molar-refractivity contribution in [1.29, 1.82) is 0 Å². The highest BCUT2D eigenvalue weighted by Gasteiger charge is 2.23. The fourth-order valence-electron chi connectivity index (χ4n) is 1.74. The van der Waals surface area contributed by atoms with Gasteiger partial charge in [0.1, 0.15) is 0 Å². The third-order valence-electron chi connectivity index (χ3n) is 2.90. The Morgan fingerprint density at radius 3 is 2.69 bits per heavy atom. The SMILES string of the molecule is Cc1cc(N2CCC2C)ccc1N. The molecule has 1 unspecified atom stereocenters. The molecule has 13 heavy (non-hydrogen) atoms. The second-order valence-corrected chi connectivity index (χ2v) is 3.87. The number of nitrogens with zero attached hydrogens (tertiary/aromatic N) is 1. The molecule has 2 nitrogen and oxygen atoms in total. The Morgan fingerprint density at radius 1 is 1.46 bits per heavy atom. The summed E-state index contributed by atoms with van der Waals surface area (Å²) in [5.74, 6) is 0. The largest absolute Gasteiger partial charge is 0.399 e. The van der Waals surface area contributed by atoms with Crippen LogP contribution in [0.1, 0.15) is 18.9 Å². The lowest BCUT2D eigenvalue weighted by Gasteiger charge is -2.41. The van der Waals surface area contributed by atoms with Gasteiger partial charge in [0.05, 0.1) is 0 Å². The van der Waals surface area contributed by atoms with Crippen LogP contribution in [0.25, 0.3) is 0 Å². The van der Waals surface area contributed by atoms with E-state index in [0.717, 1.165) is 5.69 Å². The lowest BCUT2D eigenvalue weighted by molar-refractivity contribution is 0.481. The predicted molar refractivity (Wildman–Crippen MR) is 57.0 cm³/mol. The summed E-state index contributed by atoms with van der Waals surface area (Å²) in [6, 6.07) is 6.97. The normalized spacial score (nSPS) is 21.4. The van der Waals surface area contributed by atoms with Gasteiger partial charge in [-0.25, -0.2) is 0 Å². The number of benzene rings is 1. The number of hydrogen-bond donors (Lipinski definition) is 1. The van der Waals surface area contributed by atoms with Gasteiger partial charge < -0.3 is 10.6 Å². The van der Waals surface area contributed by atoms with E-state index in [1.807, 2.05) is 6.07 Å². The zero-order chi connectivity index (χ0) is 9.42. The van der Waals surface area contributed by atoms with Crippen molar-refractivity contribution in [3.05, 3.63) is 23.8 Å². The molecule has 1 aromatic carbocycles. The highest BCUT2D eigenvalue weighted by molar-refractivity contribution is 5.59. The van der Waals surface area contributed by atoms with Crippen LogP contribution in [-0.2, 0) is 0 Å². The highest BCUT2D eigenvalue weighted by Crippen LogP contribution is 2.28. The van der Waals surface area contributed by atoms with Crippen molar-refractivity contribution >= 4 is 11.4 Å². The average molecular weight is 176 g/mol. The van der Waals surface area contributed by atoms with Crippen LogP contribution in [0.3, 0.4) is 0 Å². The zero-order valence-electron chi connectivity index (χ0n) is 8.25. The Kier molecular flexibility index (Phi) is 1.91. The second kappa shape index (κ2) is 2.95. The summed E-state index contributed by atoms with van der Waals surface area (Å²) < 4.78 is 0. The van der Waals surface area contributed by atoms with Crippen LogP contribution in [0.5, 0.6) is 0 Å². The molecule has 1 saturated heterocycles. The van der Waals surface area contributed by atoms with Crippen LogP contribution in [0, 0.1) is 6.92 Å². The minimum Gasteiger partial charge on any atom is -0.399 e. The van der Waals surface area contributed by atoms with Gasteiger partial charge in [0, 0.05) is 24.0 Å². The molecule has 1 aromatic rings. The fraction of sp³-hybridized carbons (Fsp3) is 0.455. The van der Waals surface area contributed by atoms with Gasteiger partial charge >= 0.3 is 0 Å². The first-order chi connectivity index (χ1) is 6.18. The molecule has 2 heteroatoms. The lowest BCUT2D eigenvalue weighted by Crippen LogP contribution is -2.45. The number of nitrogens with two attached hydrogens (primary N) is 1. The molecule has 0 bridgehead atoms. The van der Waals surface area contributed by atoms with Gasteiger partial charge in [0.15, 0.2) is 0 Å². The molecule has 2 N–H and O–H groups in total. The lowest BCUT2D eigenvalue weighted by atomic mass is 10.0. The standard InChI is InChI=1S/C11H16N2/c1-8-7-10(3-4-11(8)12)13-6-5-9(13)2/h3-4,7,9H,5-6,12H2,1-2H3. The number of hydrogen-bond acceptors (Lipinski definition) is 2. The molecular weight excluding hydrogens is 160 g/mol. The van der Waals surface area contributed by atoms with Gasteiger partial charge in [-0.05, 0) is 44.0 Å². The monoisotopic (exact) mass is 176 g/mol. The van der Waals surface area contributed by atoms with Crippen molar-refractivity contribution in [3.8, 4) is 0 Å². The first-order valence-corrected chi connectivity index (χ1v) is 4.81. The Labute approximate surface area is 79.4 Å². The van der Waals surface area contributed by atoms with E-state index in [0.29, 0.717) is 6.04 Å². The van der Waals surface area contributed by atoms with E-state index in [4.69, 9.17) is 5.73 Å². The van der Waals surface area contributed by atoms with Gasteiger partial charge in [0.25, 0.3) is 0 Å². The molecule has 70 valence electrons. The van der Waals surface area contributed by atoms with Crippen LogP contribution >= 0.6 is 0 Å². The molecule has 0 saturated carbocycles. The molecule has 1 aliphatic heterocycles. The summed E-state index contributed by atoms with van der Waals surface area (Å²) in [7, 11) is 0. The first-order valence-electron chi connectivity index (χ1n) is 4.81. The van der Waals surface area contributed by atoms with Crippen LogP contribution in [0.15, 0.2) is 18.2 Å². The van der Waals surface area contributed by atoms with Crippen molar-refractivity contribution in [2.45, 2.75) is 26.3 Å². The molecule has 0 amide bonds. The number of aryl methyl sites for hydroxylation is 1. The molecule has 0 aromatic heterocycles. The summed E-state index contributed by atoms with van der Waals surface area (Å²) >= 11 is 0. The van der Waals surface area contributed by atoms with Crippen molar-refractivity contribution in [1.82, 2.24) is 0 Å². The Morgan fingerprint density at radius 2 is 2.23 bits per heavy atom. The summed E-state index contributed by atoms with van der Waals surface area (Å²) in [4.78, 5) is 2.41. The molecule has 1 fully saturated rings. The molecule has 1 heterocycles. The predicted octanol–water partition coefficient (Wildman–Crippen LogP) is 2.18. The molecule has 1 aliphatic rings. The molecular formula is C11H16N2. The zero-order valence-corrected chi connectivity index (χ0v) is 8.25. The molecule has 0 radical (unpaired) electrons. The van der Waals surface area contributed by atoms with E-state index in [9.17, 15) is 0 Å². The Balaban J connectivity index is 2.26. The van der Waals surface area contributed by atoms with Gasteiger partial charge in [-0.3, -0.25) is 0 Å². The van der Waals surface area contributed by atoms with E-state index in [1.165, 1.54) is 24.2 Å². The van der Waals surface area contributed by atoms with Crippen molar-refractivity contribution in [3.63, 3.8) is 0 Å². The second-order valence-electron chi connectivity index (χ2n) is 3.87. The van der Waals surface area contributed by atoms with E-state index in [2.05, 4.69) is 30.9 Å². The fourth-order valence-corrected chi connectivity index (χ4v) is 1.74. The maximum absolute atomic E-state index is 5.76. The quantitative estimate of drug-likeness (QED) is 0.664. The topological polar surface area (TPSA) is 29.3 Å². The third-order valence-corrected chi connectivity index (χ3v) is 2.90. The molecule has 0 aliphatic carbocycles. The maximum atomic E-state index is 5.76. The van der Waals surface area contributed by atoms with Crippen LogP contribution in [0.4, 0.5) is 11.4 Å². The number of nitrogen functional groups attached to an aromatic ring is 1. The smallest absolute Gasteiger partial charge is 0.0372 e. The Hall–Kier alpha value is -1.18. The average Bonchev–Trinajstić information content (AvgIpc) is 2.09. The van der Waals surface area contributed by atoms with E-state index >= 15 is 0 Å². The van der Waals surface area contributed by atoms with Crippen LogP contribution in [-0.4, -0.2) is 12.6 Å². The van der Waals surface area contributed by atoms with Crippen molar-refractivity contribution < 1.29 is 0 Å². The Bertz CT molecular complexity index is 320. The summed E-state index contributed by atoms with van der Waals surface area (Å²) in [5.41, 5.74) is 9.14. The number of anilines is 2. The van der Waals surface area contributed by atoms with Gasteiger partial charge in [-0.1, -0.05) is 0 Å². The van der Waals surface area contributed by atoms with Crippen LogP contribution < -0.4 is 10.6 Å². The van der Waals surface area contributed by atoms with Crippen LogP contribution in [0.2, 0.25) is 0 Å². The molecule has 1 atom stereocenters. The summed E-state index contributed by atoms with van der Waals surface area (Å²) in [6.07, 6.45) is 1.31. The maximum Gasteiger partial charge on any atom is 0.0372 e. The van der Waals surface area contributed by atoms with Gasteiger partial charge in [-0.2, -0.15) is 0 Å². The van der Waals surface area contributed by atoms with Crippen molar-refractivity contribution in [2.24, 2.45) is 0 Å². The van der Waals surface area contributed by atoms with Crippen molar-refractivity contribution in [2.75, 3.05) is 17.2 Å². The molecule has 2 rings (SSSR count). The highest BCUT2D eigenvalue weighted by atomic mass is 15.2. The number of rotatable bonds is 1. The van der Waals surface area contributed by atoms with Gasteiger partial charge in [-0.15, -0.1) is 0 Å².